The first-order valence-corrected chi connectivity index (χ1v) is 4.42. The van der Waals surface area contributed by atoms with E-state index in [2.05, 4.69) is 9.97 Å². The lowest BCUT2D eigenvalue weighted by atomic mass is 10.5. The van der Waals surface area contributed by atoms with Crippen LogP contribution in [-0.4, -0.2) is 26.3 Å². The van der Waals surface area contributed by atoms with Crippen LogP contribution in [-0.2, 0) is 4.79 Å². The summed E-state index contributed by atoms with van der Waals surface area (Å²) in [7, 11) is 0. The zero-order valence-corrected chi connectivity index (χ0v) is 7.67. The smallest absolute Gasteiger partial charge is 0.316 e. The lowest BCUT2D eigenvalue weighted by molar-refractivity contribution is -0.136. The molecule has 0 aromatic carbocycles. The number of carboxylic acids is 1. The quantitative estimate of drug-likeness (QED) is 0.687. The molecule has 0 saturated heterocycles. The third-order valence-electron chi connectivity index (χ3n) is 1.31. The number of aliphatic carboxylic acids is 1. The Morgan fingerprint density at radius 2 is 2.46 bits per heavy atom. The molecule has 1 aromatic rings. The van der Waals surface area contributed by atoms with E-state index in [0.717, 1.165) is 11.8 Å². The number of aromatic amines is 1. The standard InChI is InChI=1S/C7H8N2O3S/c1-4(7(11)12)13-6-5(10)8-2-3-9-6/h2-4H,1H3,(H,8,10)(H,11,12). The highest BCUT2D eigenvalue weighted by atomic mass is 32.2. The van der Waals surface area contributed by atoms with E-state index in [0.29, 0.717) is 0 Å². The predicted molar refractivity (Wildman–Crippen MR) is 47.8 cm³/mol. The van der Waals surface area contributed by atoms with Crippen molar-refractivity contribution < 1.29 is 9.90 Å². The van der Waals surface area contributed by atoms with Gasteiger partial charge < -0.3 is 10.1 Å². The number of H-pyrrole nitrogens is 1. The maximum Gasteiger partial charge on any atom is 0.316 e. The first kappa shape index (κ1) is 9.79. The number of aromatic nitrogens is 2. The van der Waals surface area contributed by atoms with Gasteiger partial charge >= 0.3 is 5.97 Å². The summed E-state index contributed by atoms with van der Waals surface area (Å²) >= 11 is 0.924. The lowest BCUT2D eigenvalue weighted by Crippen LogP contribution is -2.16. The van der Waals surface area contributed by atoms with Gasteiger partial charge in [-0.1, -0.05) is 11.8 Å². The Kier molecular flexibility index (Phi) is 3.07. The minimum absolute atomic E-state index is 0.178. The van der Waals surface area contributed by atoms with E-state index in [1.54, 1.807) is 0 Å². The van der Waals surface area contributed by atoms with E-state index in [9.17, 15) is 9.59 Å². The van der Waals surface area contributed by atoms with Gasteiger partial charge in [-0.3, -0.25) is 9.59 Å². The Labute approximate surface area is 78.2 Å². The highest BCUT2D eigenvalue weighted by Crippen LogP contribution is 2.16. The molecule has 0 radical (unpaired) electrons. The number of hydrogen-bond donors (Lipinski definition) is 2. The molecule has 1 rings (SSSR count). The lowest BCUT2D eigenvalue weighted by Gasteiger charge is -2.02. The normalized spacial score (nSPS) is 12.4. The third kappa shape index (κ3) is 2.59. The second-order valence-corrected chi connectivity index (χ2v) is 3.65. The number of nitrogens with one attached hydrogen (secondary N) is 1. The van der Waals surface area contributed by atoms with Crippen molar-refractivity contribution in [1.82, 2.24) is 9.97 Å². The second-order valence-electron chi connectivity index (χ2n) is 2.32. The molecule has 1 atom stereocenters. The first-order chi connectivity index (χ1) is 6.11. The average Bonchev–Trinajstić information content (AvgIpc) is 2.08. The van der Waals surface area contributed by atoms with Gasteiger partial charge in [-0.2, -0.15) is 0 Å². The molecule has 2 N–H and O–H groups in total. The molecule has 0 saturated carbocycles. The largest absolute Gasteiger partial charge is 0.480 e. The molecule has 1 heterocycles. The molecule has 0 aliphatic rings. The Bertz CT molecular complexity index is 363. The SMILES string of the molecule is CC(Sc1ncc[nH]c1=O)C(=O)O. The molecule has 0 bridgehead atoms. The molecule has 13 heavy (non-hydrogen) atoms. The molecule has 70 valence electrons. The van der Waals surface area contributed by atoms with Crippen molar-refractivity contribution in [3.8, 4) is 0 Å². The van der Waals surface area contributed by atoms with E-state index in [1.165, 1.54) is 19.3 Å². The van der Waals surface area contributed by atoms with Crippen LogP contribution in [0.25, 0.3) is 0 Å². The van der Waals surface area contributed by atoms with Gasteiger partial charge in [0.1, 0.15) is 5.25 Å². The van der Waals surface area contributed by atoms with E-state index < -0.39 is 11.2 Å². The molecular formula is C7H8N2O3S. The van der Waals surface area contributed by atoms with Gasteiger partial charge in [0.15, 0.2) is 5.03 Å². The summed E-state index contributed by atoms with van der Waals surface area (Å²) < 4.78 is 0. The van der Waals surface area contributed by atoms with E-state index in [1.807, 2.05) is 0 Å². The monoisotopic (exact) mass is 200 g/mol. The van der Waals surface area contributed by atoms with Crippen LogP contribution in [0.2, 0.25) is 0 Å². The van der Waals surface area contributed by atoms with Crippen LogP contribution in [0.1, 0.15) is 6.92 Å². The predicted octanol–water partition coefficient (Wildman–Crippen LogP) is 0.335. The Balaban J connectivity index is 2.81. The Morgan fingerprint density at radius 1 is 1.77 bits per heavy atom. The number of nitrogens with zero attached hydrogens (tertiary/aromatic N) is 1. The maximum absolute atomic E-state index is 11.0. The number of carbonyl (C=O) groups is 1. The minimum atomic E-state index is -0.963. The van der Waals surface area contributed by atoms with Crippen LogP contribution >= 0.6 is 11.8 Å². The summed E-state index contributed by atoms with van der Waals surface area (Å²) in [5.74, 6) is -0.963. The molecule has 0 aliphatic carbocycles. The van der Waals surface area contributed by atoms with Crippen molar-refractivity contribution in [2.24, 2.45) is 0 Å². The molecule has 1 unspecified atom stereocenters. The maximum atomic E-state index is 11.0. The first-order valence-electron chi connectivity index (χ1n) is 3.54. The van der Waals surface area contributed by atoms with Crippen LogP contribution in [0.15, 0.2) is 22.2 Å². The summed E-state index contributed by atoms with van der Waals surface area (Å²) in [5, 5.41) is 8.08. The van der Waals surface area contributed by atoms with Gasteiger partial charge in [-0.15, -0.1) is 0 Å². The number of thioether (sulfide) groups is 1. The van der Waals surface area contributed by atoms with Crippen molar-refractivity contribution in [2.75, 3.05) is 0 Å². The molecule has 0 amide bonds. The topological polar surface area (TPSA) is 83.0 Å². The summed E-state index contributed by atoms with van der Waals surface area (Å²) in [6.45, 7) is 1.50. The zero-order valence-electron chi connectivity index (χ0n) is 6.85. The number of carboxylic acid groups (broad SMARTS) is 1. The van der Waals surface area contributed by atoms with Gasteiger partial charge in [0, 0.05) is 12.4 Å². The fraction of sp³-hybridized carbons (Fsp3) is 0.286. The van der Waals surface area contributed by atoms with Crippen molar-refractivity contribution in [1.29, 1.82) is 0 Å². The zero-order chi connectivity index (χ0) is 9.84. The molecule has 0 aliphatic heterocycles. The van der Waals surface area contributed by atoms with Crippen molar-refractivity contribution in [3.05, 3.63) is 22.7 Å². The van der Waals surface area contributed by atoms with Crippen LogP contribution in [0.5, 0.6) is 0 Å². The van der Waals surface area contributed by atoms with Crippen LogP contribution in [0.3, 0.4) is 0 Å². The summed E-state index contributed by atoms with van der Waals surface area (Å²) in [6, 6.07) is 0. The molecule has 0 spiro atoms. The van der Waals surface area contributed by atoms with Gasteiger partial charge in [0.05, 0.1) is 0 Å². The highest BCUT2D eigenvalue weighted by molar-refractivity contribution is 8.00. The summed E-state index contributed by atoms with van der Waals surface area (Å²) in [4.78, 5) is 27.7. The Morgan fingerprint density at radius 3 is 3.00 bits per heavy atom. The van der Waals surface area contributed by atoms with Crippen LogP contribution < -0.4 is 5.56 Å². The second kappa shape index (κ2) is 4.08. The van der Waals surface area contributed by atoms with Crippen molar-refractivity contribution in [2.45, 2.75) is 17.2 Å². The summed E-state index contributed by atoms with van der Waals surface area (Å²) in [5.41, 5.74) is -0.361. The molecule has 1 aromatic heterocycles. The molecule has 0 fully saturated rings. The van der Waals surface area contributed by atoms with E-state index >= 15 is 0 Å². The minimum Gasteiger partial charge on any atom is -0.480 e. The van der Waals surface area contributed by atoms with Crippen molar-refractivity contribution >= 4 is 17.7 Å². The van der Waals surface area contributed by atoms with Gasteiger partial charge in [-0.25, -0.2) is 4.98 Å². The molecular weight excluding hydrogens is 192 g/mol. The van der Waals surface area contributed by atoms with Gasteiger partial charge in [0.25, 0.3) is 5.56 Å². The van der Waals surface area contributed by atoms with Crippen LogP contribution in [0, 0.1) is 0 Å². The van der Waals surface area contributed by atoms with Gasteiger partial charge in [0.2, 0.25) is 0 Å². The number of rotatable bonds is 3. The molecule has 6 heteroatoms. The Hall–Kier alpha value is -1.30. The summed E-state index contributed by atoms with van der Waals surface area (Å²) in [6.07, 6.45) is 2.82. The third-order valence-corrected chi connectivity index (χ3v) is 2.38. The fourth-order valence-corrected chi connectivity index (χ4v) is 1.36. The van der Waals surface area contributed by atoms with E-state index in [-0.39, 0.29) is 10.6 Å². The van der Waals surface area contributed by atoms with E-state index in [4.69, 9.17) is 5.11 Å². The fourth-order valence-electron chi connectivity index (χ4n) is 0.640. The molecule has 5 nitrogen and oxygen atoms in total. The van der Waals surface area contributed by atoms with Crippen LogP contribution in [0.4, 0.5) is 0 Å². The average molecular weight is 200 g/mol. The van der Waals surface area contributed by atoms with Crippen molar-refractivity contribution in [3.63, 3.8) is 0 Å². The highest BCUT2D eigenvalue weighted by Gasteiger charge is 2.14. The van der Waals surface area contributed by atoms with Gasteiger partial charge in [-0.05, 0) is 6.92 Å². The number of hydrogen-bond acceptors (Lipinski definition) is 4.